The van der Waals surface area contributed by atoms with Gasteiger partial charge in [-0.15, -0.1) is 0 Å². The molecule has 0 radical (unpaired) electrons. The second-order valence-corrected chi connectivity index (χ2v) is 7.63. The van der Waals surface area contributed by atoms with Crippen LogP contribution in [0.15, 0.2) is 85.2 Å². The van der Waals surface area contributed by atoms with Crippen molar-refractivity contribution in [1.29, 1.82) is 5.26 Å². The van der Waals surface area contributed by atoms with Crippen LogP contribution in [-0.4, -0.2) is 22.4 Å². The number of aromatic nitrogens is 2. The first-order chi connectivity index (χ1) is 16.6. The Bertz CT molecular complexity index is 1310. The largest absolute Gasteiger partial charge is 0.384 e. The molecule has 0 aliphatic rings. The van der Waals surface area contributed by atoms with Crippen LogP contribution in [0.25, 0.3) is 11.3 Å². The fourth-order valence-electron chi connectivity index (χ4n) is 3.46. The summed E-state index contributed by atoms with van der Waals surface area (Å²) < 4.78 is 13.4. The Labute approximate surface area is 197 Å². The number of anilines is 1. The van der Waals surface area contributed by atoms with Gasteiger partial charge in [0.25, 0.3) is 5.91 Å². The highest BCUT2D eigenvalue weighted by molar-refractivity contribution is 5.94. The van der Waals surface area contributed by atoms with Crippen molar-refractivity contribution in [2.45, 2.75) is 13.0 Å². The molecular formula is C27H22FN5O. The highest BCUT2D eigenvalue weighted by Crippen LogP contribution is 2.26. The average molecular weight is 452 g/mol. The van der Waals surface area contributed by atoms with E-state index < -0.39 is 0 Å². The highest BCUT2D eigenvalue weighted by Gasteiger charge is 2.10. The van der Waals surface area contributed by atoms with E-state index in [4.69, 9.17) is 5.26 Å². The van der Waals surface area contributed by atoms with Gasteiger partial charge < -0.3 is 10.6 Å². The first-order valence-corrected chi connectivity index (χ1v) is 10.8. The molecule has 2 aromatic carbocycles. The average Bonchev–Trinajstić information content (AvgIpc) is 2.88. The van der Waals surface area contributed by atoms with Crippen molar-refractivity contribution in [3.05, 3.63) is 113 Å². The number of para-hydroxylation sites is 1. The van der Waals surface area contributed by atoms with E-state index in [1.807, 2.05) is 42.5 Å². The summed E-state index contributed by atoms with van der Waals surface area (Å²) in [6, 6.07) is 23.3. The third kappa shape index (κ3) is 5.81. The summed E-state index contributed by atoms with van der Waals surface area (Å²) in [4.78, 5) is 21.0. The lowest BCUT2D eigenvalue weighted by Gasteiger charge is -2.12. The topological polar surface area (TPSA) is 90.7 Å². The van der Waals surface area contributed by atoms with E-state index in [9.17, 15) is 9.18 Å². The molecule has 0 atom stereocenters. The third-order valence-corrected chi connectivity index (χ3v) is 5.24. The lowest BCUT2D eigenvalue weighted by molar-refractivity contribution is 0.0950. The molecule has 6 nitrogen and oxygen atoms in total. The minimum atomic E-state index is -0.245. The van der Waals surface area contributed by atoms with E-state index in [0.29, 0.717) is 30.8 Å². The second kappa shape index (κ2) is 10.8. The first-order valence-electron chi connectivity index (χ1n) is 10.8. The fraction of sp³-hybridized carbons (Fsp3) is 0.111. The summed E-state index contributed by atoms with van der Waals surface area (Å²) in [6.45, 7) is 0.947. The lowest BCUT2D eigenvalue weighted by atomic mass is 10.1. The van der Waals surface area contributed by atoms with Crippen LogP contribution in [0, 0.1) is 17.1 Å². The molecule has 0 saturated heterocycles. The molecule has 2 aromatic heterocycles. The number of halogens is 1. The van der Waals surface area contributed by atoms with Gasteiger partial charge in [-0.25, -0.2) is 9.37 Å². The molecule has 0 aliphatic heterocycles. The lowest BCUT2D eigenvalue weighted by Crippen LogP contribution is -2.23. The normalized spacial score (nSPS) is 10.4. The Balaban J connectivity index is 1.38. The van der Waals surface area contributed by atoms with E-state index in [1.165, 1.54) is 12.1 Å². The Morgan fingerprint density at radius 2 is 1.82 bits per heavy atom. The smallest absolute Gasteiger partial charge is 0.253 e. The summed E-state index contributed by atoms with van der Waals surface area (Å²) in [5.74, 6) is -0.482. The van der Waals surface area contributed by atoms with E-state index >= 15 is 0 Å². The number of pyridine rings is 2. The van der Waals surface area contributed by atoms with E-state index in [2.05, 4.69) is 20.6 Å². The van der Waals surface area contributed by atoms with Crippen LogP contribution >= 0.6 is 0 Å². The number of nitrogens with one attached hydrogen (secondary N) is 2. The first kappa shape index (κ1) is 22.6. The standard InChI is InChI=1S/C27H22FN5O/c28-22-5-3-4-19(14-22)12-13-30-25-7-2-1-6-24(25)26-11-9-21(18-32-26)27(34)33-17-20-8-10-23(15-29)31-16-20/h1-11,14,16,18,30H,12-13,17H2,(H,33,34). The summed E-state index contributed by atoms with van der Waals surface area (Å²) >= 11 is 0. The second-order valence-electron chi connectivity index (χ2n) is 7.63. The van der Waals surface area contributed by atoms with Crippen molar-refractivity contribution in [3.8, 4) is 17.3 Å². The van der Waals surface area contributed by atoms with Gasteiger partial charge in [0.1, 0.15) is 17.6 Å². The molecule has 0 bridgehead atoms. The minimum absolute atomic E-state index is 0.236. The van der Waals surface area contributed by atoms with Crippen LogP contribution in [0.2, 0.25) is 0 Å². The van der Waals surface area contributed by atoms with Crippen LogP contribution in [0.3, 0.4) is 0 Å². The molecule has 0 aliphatic carbocycles. The van der Waals surface area contributed by atoms with Crippen LogP contribution in [0.5, 0.6) is 0 Å². The molecule has 1 amide bonds. The molecule has 2 N–H and O–H groups in total. The number of rotatable bonds is 8. The van der Waals surface area contributed by atoms with E-state index in [0.717, 1.165) is 28.1 Å². The van der Waals surface area contributed by atoms with Gasteiger partial charge in [-0.1, -0.05) is 36.4 Å². The molecule has 0 saturated carbocycles. The summed E-state index contributed by atoms with van der Waals surface area (Å²) in [5, 5.41) is 15.0. The zero-order valence-electron chi connectivity index (χ0n) is 18.3. The maximum Gasteiger partial charge on any atom is 0.253 e. The molecule has 2 heterocycles. The van der Waals surface area contributed by atoms with E-state index in [-0.39, 0.29) is 11.7 Å². The van der Waals surface area contributed by atoms with Gasteiger partial charge >= 0.3 is 0 Å². The molecule has 0 fully saturated rings. The Morgan fingerprint density at radius 1 is 0.941 bits per heavy atom. The molecule has 0 unspecified atom stereocenters. The molecular weight excluding hydrogens is 429 g/mol. The predicted molar refractivity (Wildman–Crippen MR) is 128 cm³/mol. The fourth-order valence-corrected chi connectivity index (χ4v) is 3.46. The maximum atomic E-state index is 13.4. The van der Waals surface area contributed by atoms with Gasteiger partial charge in [0.2, 0.25) is 0 Å². The Hall–Kier alpha value is -4.57. The van der Waals surface area contributed by atoms with Gasteiger partial charge in [0.05, 0.1) is 11.3 Å². The van der Waals surface area contributed by atoms with Crippen molar-refractivity contribution in [2.24, 2.45) is 0 Å². The van der Waals surface area contributed by atoms with Crippen LogP contribution in [0.4, 0.5) is 10.1 Å². The predicted octanol–water partition coefficient (Wildman–Crippen LogP) is 4.74. The molecule has 4 aromatic rings. The summed E-state index contributed by atoms with van der Waals surface area (Å²) in [7, 11) is 0. The van der Waals surface area contributed by atoms with Crippen LogP contribution < -0.4 is 10.6 Å². The van der Waals surface area contributed by atoms with Gasteiger partial charge in [-0.2, -0.15) is 5.26 Å². The SMILES string of the molecule is N#Cc1ccc(CNC(=O)c2ccc(-c3ccccc3NCCc3cccc(F)c3)nc2)cn1. The van der Waals surface area contributed by atoms with Crippen LogP contribution in [-0.2, 0) is 13.0 Å². The van der Waals surface area contributed by atoms with Gasteiger partial charge in [0, 0.05) is 36.7 Å². The Morgan fingerprint density at radius 3 is 2.56 bits per heavy atom. The number of amides is 1. The van der Waals surface area contributed by atoms with Crippen molar-refractivity contribution >= 4 is 11.6 Å². The number of benzene rings is 2. The highest BCUT2D eigenvalue weighted by atomic mass is 19.1. The van der Waals surface area contributed by atoms with Crippen LogP contribution in [0.1, 0.15) is 27.2 Å². The quantitative estimate of drug-likeness (QED) is 0.404. The number of nitrogens with zero attached hydrogens (tertiary/aromatic N) is 3. The number of nitriles is 1. The molecule has 4 rings (SSSR count). The molecule has 0 spiro atoms. The summed E-state index contributed by atoms with van der Waals surface area (Å²) in [6.07, 6.45) is 3.80. The summed E-state index contributed by atoms with van der Waals surface area (Å²) in [5.41, 5.74) is 5.07. The zero-order valence-corrected chi connectivity index (χ0v) is 18.3. The van der Waals surface area contributed by atoms with Crippen molar-refractivity contribution in [1.82, 2.24) is 15.3 Å². The van der Waals surface area contributed by atoms with Gasteiger partial charge in [-0.3, -0.25) is 9.78 Å². The third-order valence-electron chi connectivity index (χ3n) is 5.24. The van der Waals surface area contributed by atoms with Crippen molar-refractivity contribution in [2.75, 3.05) is 11.9 Å². The van der Waals surface area contributed by atoms with Gasteiger partial charge in [-0.05, 0) is 53.9 Å². The van der Waals surface area contributed by atoms with Crippen molar-refractivity contribution < 1.29 is 9.18 Å². The number of carbonyl (C=O) groups is 1. The number of hydrogen-bond acceptors (Lipinski definition) is 5. The number of hydrogen-bond donors (Lipinski definition) is 2. The van der Waals surface area contributed by atoms with E-state index in [1.54, 1.807) is 36.7 Å². The number of carbonyl (C=O) groups excluding carboxylic acids is 1. The minimum Gasteiger partial charge on any atom is -0.384 e. The monoisotopic (exact) mass is 451 g/mol. The maximum absolute atomic E-state index is 13.4. The van der Waals surface area contributed by atoms with Crippen molar-refractivity contribution in [3.63, 3.8) is 0 Å². The zero-order chi connectivity index (χ0) is 23.8. The molecule has 7 heteroatoms. The molecule has 34 heavy (non-hydrogen) atoms. The molecule has 168 valence electrons. The van der Waals surface area contributed by atoms with Gasteiger partial charge in [0.15, 0.2) is 0 Å². The Kier molecular flexibility index (Phi) is 7.21.